The standard InChI is InChI=1S/C22H28N2S3.4C18H15P.C14H20Br2N2S.C7H5S2.3CH3.Pd.Sn/c1-5-6-7-8-9-10-11-16-20-21(24(4)23-16)15(3)26-22(20)19-13-18-17(27-19)12-14(2)25-18;4*1-4-10-16(11-5-1)19(17-12-6-2-7-13-17)18-14-8-3-9-15-18;1-3-4-5-6-7-8-9-10-11-12(18(2)17-10)14(16)19-13(11)15;1-5-4-7-6(9-5)2-3-8-7;;;;;/h12-13H,5-11H2,1-4H3;4*1-15H;3-9H2,1-2H3;2,4H,1H3;3*1H3;;. The van der Waals surface area contributed by atoms with Gasteiger partial charge in [-0.15, -0.1) is 45.3 Å². The molecule has 0 amide bonds. The van der Waals surface area contributed by atoms with Gasteiger partial charge >= 0.3 is 92.1 Å². The van der Waals surface area contributed by atoms with Gasteiger partial charge in [0.05, 0.1) is 34.9 Å². The second-order valence-corrected chi connectivity index (χ2v) is 68.2. The first-order valence-electron chi connectivity index (χ1n) is 47.1. The first kappa shape index (κ1) is 106. The van der Waals surface area contributed by atoms with Crippen molar-refractivity contribution in [2.75, 3.05) is 0 Å². The SMILES string of the molecule is CCCCCCCCc1nn(C)c2c(Br)sc(Br)c12.CCCCCCCCc1nn(C)c2c(C)sc(-c3cc4sc(C)cc4s3)c12.Cc1cc2s[c]([Sn]([CH3])([CH3])[CH3])cc2s1.[Pd].c1ccc(P(c2ccccc2)c2ccccc2)cc1.c1ccc(P(c2ccccc2)c2ccccc2)cc1.c1ccc(P(c2ccccc2)c2ccccc2)cc1.c1ccc(P(c2ccccc2)c2ccccc2)cc1. The number of benzene rings is 12. The van der Waals surface area contributed by atoms with Crippen LogP contribution in [0.2, 0.25) is 14.8 Å². The van der Waals surface area contributed by atoms with Gasteiger partial charge < -0.3 is 0 Å². The summed E-state index contributed by atoms with van der Waals surface area (Å²) in [5.41, 5.74) is 5.10. The zero-order valence-corrected chi connectivity index (χ0v) is 95.5. The Morgan fingerprint density at radius 1 is 0.279 bits per heavy atom. The minimum atomic E-state index is -1.78. The average Bonchev–Trinajstić information content (AvgIpc) is 1.60. The van der Waals surface area contributed by atoms with Gasteiger partial charge in [0.15, 0.2) is 0 Å². The predicted octanol–water partition coefficient (Wildman–Crippen LogP) is 31.8. The fourth-order valence-corrected chi connectivity index (χ4v) is 40.5. The summed E-state index contributed by atoms with van der Waals surface area (Å²) in [5, 5.41) is 29.1. The van der Waals surface area contributed by atoms with E-state index in [1.54, 1.807) is 14.2 Å². The number of hydrogen-bond donors (Lipinski definition) is 0. The molecule has 20 aromatic rings. The van der Waals surface area contributed by atoms with Gasteiger partial charge in [0.1, 0.15) is 0 Å². The van der Waals surface area contributed by atoms with E-state index in [0.29, 0.717) is 0 Å². The number of halogens is 2. The molecule has 0 spiro atoms. The van der Waals surface area contributed by atoms with Crippen molar-refractivity contribution in [3.05, 3.63) is 422 Å². The molecule has 0 saturated carbocycles. The quantitative estimate of drug-likeness (QED) is 0.0278. The summed E-state index contributed by atoms with van der Waals surface area (Å²) in [5.74, 6) is 0. The number of thiophene rings is 6. The molecular weight excluding hydrogens is 2170 g/mol. The Morgan fingerprint density at radius 2 is 0.529 bits per heavy atom. The summed E-state index contributed by atoms with van der Waals surface area (Å²) < 4.78 is 14.0. The monoisotopic (exact) mass is 2290 g/mol. The summed E-state index contributed by atoms with van der Waals surface area (Å²) in [6.45, 7) is 11.2. The molecule has 8 aromatic heterocycles. The Morgan fingerprint density at radius 3 is 0.801 bits per heavy atom. The van der Waals surface area contributed by atoms with Crippen molar-refractivity contribution in [2.24, 2.45) is 14.1 Å². The van der Waals surface area contributed by atoms with Crippen LogP contribution in [-0.4, -0.2) is 37.9 Å². The van der Waals surface area contributed by atoms with Crippen LogP contribution in [0, 0.1) is 20.8 Å². The third kappa shape index (κ3) is 29.8. The molecule has 0 aliphatic carbocycles. The number of unbranched alkanes of at least 4 members (excludes halogenated alkanes) is 10. The van der Waals surface area contributed by atoms with Gasteiger partial charge in [-0.1, -0.05) is 442 Å². The van der Waals surface area contributed by atoms with Crippen molar-refractivity contribution in [3.8, 4) is 9.75 Å². The summed E-state index contributed by atoms with van der Waals surface area (Å²) in [7, 11) is 2.34. The molecule has 0 radical (unpaired) electrons. The maximum Gasteiger partial charge on any atom is 0 e. The van der Waals surface area contributed by atoms with Gasteiger partial charge in [-0.3, -0.25) is 9.36 Å². The molecule has 0 unspecified atom stereocenters. The van der Waals surface area contributed by atoms with E-state index in [2.05, 4.69) is 486 Å². The van der Waals surface area contributed by atoms with E-state index in [-0.39, 0.29) is 20.4 Å². The minimum Gasteiger partial charge on any atom is -0.0622 e. The number of aromatic nitrogens is 4. The Labute approximate surface area is 872 Å². The summed E-state index contributed by atoms with van der Waals surface area (Å²) in [6.07, 6.45) is 18.2. The Bertz CT molecular complexity index is 5930. The largest absolute Gasteiger partial charge is 0.0622 e. The second kappa shape index (κ2) is 55.0. The first-order chi connectivity index (χ1) is 66.0. The van der Waals surface area contributed by atoms with Crippen molar-refractivity contribution in [1.82, 2.24) is 19.6 Å². The van der Waals surface area contributed by atoms with Crippen LogP contribution in [-0.2, 0) is 47.4 Å². The Kier molecular flexibility index (Phi) is 42.8. The van der Waals surface area contributed by atoms with Gasteiger partial charge in [0.25, 0.3) is 0 Å². The Hall–Kier alpha value is -7.56. The molecule has 0 aliphatic rings. The zero-order chi connectivity index (χ0) is 94.1. The fraction of sp³-hybridized carbons (Fsp3) is 0.203. The van der Waals surface area contributed by atoms with Crippen molar-refractivity contribution in [3.63, 3.8) is 0 Å². The van der Waals surface area contributed by atoms with Crippen LogP contribution >= 0.6 is 132 Å². The molecule has 698 valence electrons. The molecule has 0 atom stereocenters. The molecule has 0 N–H and O–H groups in total. The molecule has 0 fully saturated rings. The molecule has 0 saturated heterocycles. The summed E-state index contributed by atoms with van der Waals surface area (Å²) in [4.78, 5) is 14.5. The van der Waals surface area contributed by atoms with Crippen LogP contribution in [0.15, 0.2) is 396 Å². The number of fused-ring (bicyclic) bond motifs is 4. The van der Waals surface area contributed by atoms with Gasteiger partial charge in [0, 0.05) is 69.3 Å². The molecule has 18 heteroatoms. The first-order valence-corrected chi connectivity index (χ1v) is 68.9. The molecular formula is C118H122Br2N4P4PdS6Sn. The molecule has 0 bridgehead atoms. The van der Waals surface area contributed by atoms with Crippen molar-refractivity contribution < 1.29 is 20.4 Å². The van der Waals surface area contributed by atoms with Gasteiger partial charge in [-0.25, -0.2) is 0 Å². The molecule has 12 aromatic carbocycles. The molecule has 136 heavy (non-hydrogen) atoms. The van der Waals surface area contributed by atoms with Crippen molar-refractivity contribution in [2.45, 2.75) is 139 Å². The van der Waals surface area contributed by atoms with Crippen LogP contribution in [0.3, 0.4) is 0 Å². The number of rotatable bonds is 28. The van der Waals surface area contributed by atoms with Crippen LogP contribution in [0.4, 0.5) is 0 Å². The van der Waals surface area contributed by atoms with Crippen LogP contribution < -0.4 is 66.5 Å². The van der Waals surface area contributed by atoms with E-state index in [9.17, 15) is 0 Å². The van der Waals surface area contributed by atoms with Crippen LogP contribution in [0.5, 0.6) is 0 Å². The topological polar surface area (TPSA) is 35.6 Å². The van der Waals surface area contributed by atoms with E-state index in [4.69, 9.17) is 5.10 Å². The zero-order valence-electron chi connectivity index (χ0n) is 79.4. The predicted molar refractivity (Wildman–Crippen MR) is 623 cm³/mol. The van der Waals surface area contributed by atoms with Gasteiger partial charge in [-0.05, 0) is 179 Å². The number of hydrogen-bond acceptors (Lipinski definition) is 8. The molecule has 8 heterocycles. The summed E-state index contributed by atoms with van der Waals surface area (Å²) >= 11 is 17.0. The smallest absolute Gasteiger partial charge is 0 e. The Balaban J connectivity index is 0.000000135. The third-order valence-corrected chi connectivity index (χ3v) is 50.3. The van der Waals surface area contributed by atoms with E-state index in [1.807, 2.05) is 68.4 Å². The van der Waals surface area contributed by atoms with Gasteiger partial charge in [-0.2, -0.15) is 10.2 Å². The van der Waals surface area contributed by atoms with Crippen molar-refractivity contribution >= 4 is 257 Å². The maximum absolute atomic E-state index is 4.92. The van der Waals surface area contributed by atoms with Crippen molar-refractivity contribution in [1.29, 1.82) is 0 Å². The maximum atomic E-state index is 4.92. The van der Waals surface area contributed by atoms with Crippen LogP contribution in [0.25, 0.3) is 50.4 Å². The fourth-order valence-electron chi connectivity index (χ4n) is 16.4. The van der Waals surface area contributed by atoms with E-state index >= 15 is 0 Å². The number of aryl methyl sites for hydroxylation is 7. The van der Waals surface area contributed by atoms with Crippen LogP contribution in [0.1, 0.15) is 117 Å². The van der Waals surface area contributed by atoms with E-state index in [1.165, 1.54) is 225 Å². The second-order valence-electron chi connectivity index (χ2n) is 34.3. The third-order valence-electron chi connectivity index (χ3n) is 22.9. The minimum absolute atomic E-state index is 0. The average molecular weight is 2300 g/mol. The van der Waals surface area contributed by atoms with Gasteiger partial charge in [0.2, 0.25) is 0 Å². The normalized spacial score (nSPS) is 11.1. The molecule has 4 nitrogen and oxygen atoms in total. The number of nitrogens with zero attached hydrogens (tertiary/aromatic N) is 4. The van der Waals surface area contributed by atoms with E-state index < -0.39 is 50.1 Å². The summed E-state index contributed by atoms with van der Waals surface area (Å²) in [6, 6.07) is 139. The molecule has 0 aliphatic heterocycles. The van der Waals surface area contributed by atoms with E-state index in [0.717, 1.165) is 12.8 Å². The molecule has 20 rings (SSSR count).